The van der Waals surface area contributed by atoms with Gasteiger partial charge < -0.3 is 6.92 Å². The summed E-state index contributed by atoms with van der Waals surface area (Å²) in [7, 11) is 0. The molecular weight excluding hydrogens is 155 g/mol. The monoisotopic (exact) mass is 157 g/mol. The van der Waals surface area contributed by atoms with E-state index < -0.39 is 0 Å². The predicted molar refractivity (Wildman–Crippen MR) is 11.0 cm³/mol. The second kappa shape index (κ2) is 28.8. The van der Waals surface area contributed by atoms with E-state index in [2.05, 4.69) is 6.92 Å². The van der Waals surface area contributed by atoms with Gasteiger partial charge in [0.1, 0.15) is 0 Å². The van der Waals surface area contributed by atoms with Crippen molar-refractivity contribution in [1.82, 2.24) is 0 Å². The first-order chi connectivity index (χ1) is 1.00. The van der Waals surface area contributed by atoms with Crippen LogP contribution in [-0.4, -0.2) is 0 Å². The van der Waals surface area contributed by atoms with Gasteiger partial charge >= 0.3 is 39.0 Å². The van der Waals surface area contributed by atoms with Crippen molar-refractivity contribution in [2.24, 2.45) is 0 Å². The molecule has 0 aliphatic heterocycles. The fraction of sp³-hybridized carbons (Fsp3) is 0.500. The van der Waals surface area contributed by atoms with Gasteiger partial charge in [-0.15, -0.1) is 0 Å². The molecule has 0 saturated carbocycles. The Bertz CT molecular complexity index is 4.00. The normalized spacial score (nSPS) is 1.50. The van der Waals surface area contributed by atoms with E-state index in [1.807, 2.05) is 0 Å². The van der Waals surface area contributed by atoms with Crippen LogP contribution in [0.4, 0.5) is 0 Å². The Morgan fingerprint density at radius 2 is 1.00 bits per heavy atom. The molecule has 0 heterocycles. The SMILES string of the molecule is [CH2-]C.[Zn+2].[Zn+2]. The molecule has 0 bridgehead atoms. The molecule has 0 aromatic carbocycles. The maximum atomic E-state index is 3.25. The number of rotatable bonds is 0. The van der Waals surface area contributed by atoms with E-state index in [4.69, 9.17) is 0 Å². The van der Waals surface area contributed by atoms with Crippen LogP contribution in [0.5, 0.6) is 0 Å². The summed E-state index contributed by atoms with van der Waals surface area (Å²) >= 11 is 0. The molecule has 0 aliphatic rings. The van der Waals surface area contributed by atoms with Gasteiger partial charge in [0.2, 0.25) is 0 Å². The quantitative estimate of drug-likeness (QED) is 0.363. The van der Waals surface area contributed by atoms with Gasteiger partial charge in [0.15, 0.2) is 0 Å². The van der Waals surface area contributed by atoms with Crippen molar-refractivity contribution in [3.63, 3.8) is 0 Å². The van der Waals surface area contributed by atoms with E-state index in [0.717, 1.165) is 0 Å². The minimum absolute atomic E-state index is 0. The molecule has 0 saturated heterocycles. The largest absolute Gasteiger partial charge is 2.00 e. The van der Waals surface area contributed by atoms with E-state index in [9.17, 15) is 0 Å². The zero-order chi connectivity index (χ0) is 2.00. The molecule has 0 nitrogen and oxygen atoms in total. The summed E-state index contributed by atoms with van der Waals surface area (Å²) < 4.78 is 0. The first-order valence-electron chi connectivity index (χ1n) is 0.707. The molecule has 0 aliphatic carbocycles. The van der Waals surface area contributed by atoms with Crippen molar-refractivity contribution in [3.05, 3.63) is 6.92 Å². The van der Waals surface area contributed by atoms with E-state index in [-0.39, 0.29) is 39.0 Å². The summed E-state index contributed by atoms with van der Waals surface area (Å²) in [5.74, 6) is 0. The van der Waals surface area contributed by atoms with E-state index in [1.54, 1.807) is 6.92 Å². The van der Waals surface area contributed by atoms with Crippen LogP contribution < -0.4 is 0 Å². The summed E-state index contributed by atoms with van der Waals surface area (Å²) in [6, 6.07) is 0. The summed E-state index contributed by atoms with van der Waals surface area (Å²) in [4.78, 5) is 0. The predicted octanol–water partition coefficient (Wildman–Crippen LogP) is 0.835. The molecule has 0 aromatic heterocycles. The molecule has 0 radical (unpaired) electrons. The second-order valence-electron chi connectivity index (χ2n) is 0. The Hall–Kier alpha value is 1.25. The van der Waals surface area contributed by atoms with Crippen molar-refractivity contribution in [2.75, 3.05) is 0 Å². The van der Waals surface area contributed by atoms with Gasteiger partial charge in [-0.05, 0) is 0 Å². The van der Waals surface area contributed by atoms with Crippen molar-refractivity contribution >= 4 is 0 Å². The van der Waals surface area contributed by atoms with Gasteiger partial charge in [-0.25, -0.2) is 0 Å². The molecule has 0 rings (SSSR count). The van der Waals surface area contributed by atoms with Crippen LogP contribution >= 0.6 is 0 Å². The van der Waals surface area contributed by atoms with Crippen molar-refractivity contribution in [1.29, 1.82) is 0 Å². The Morgan fingerprint density at radius 3 is 1.00 bits per heavy atom. The first-order valence-corrected chi connectivity index (χ1v) is 0.707. The fourth-order valence-electron chi connectivity index (χ4n) is 0. The molecule has 14 valence electrons. The third-order valence-corrected chi connectivity index (χ3v) is 0. The first kappa shape index (κ1) is 18.7. The minimum atomic E-state index is 0. The molecule has 0 aromatic rings. The third-order valence-electron chi connectivity index (χ3n) is 0. The molecule has 4 heavy (non-hydrogen) atoms. The van der Waals surface area contributed by atoms with Crippen LogP contribution in [0.25, 0.3) is 0 Å². The Kier molecular flexibility index (Phi) is 135. The van der Waals surface area contributed by atoms with Crippen LogP contribution in [0.3, 0.4) is 0 Å². The summed E-state index contributed by atoms with van der Waals surface area (Å²) in [6.07, 6.45) is 0. The van der Waals surface area contributed by atoms with Gasteiger partial charge in [-0.2, -0.15) is 6.92 Å². The fourth-order valence-corrected chi connectivity index (χ4v) is 0. The van der Waals surface area contributed by atoms with Crippen LogP contribution in [-0.2, 0) is 39.0 Å². The molecule has 0 fully saturated rings. The maximum Gasteiger partial charge on any atom is 2.00 e. The average molecular weight is 160 g/mol. The summed E-state index contributed by atoms with van der Waals surface area (Å²) in [5, 5.41) is 0. The molecule has 0 spiro atoms. The Balaban J connectivity index is -0.00000000500. The minimum Gasteiger partial charge on any atom is -0.346 e. The number of hydrogen-bond acceptors (Lipinski definition) is 0. The Morgan fingerprint density at radius 1 is 1.00 bits per heavy atom. The molecular formula is C2H5Zn2+3. The molecule has 0 unspecified atom stereocenters. The molecule has 0 N–H and O–H groups in total. The Labute approximate surface area is 52.9 Å². The van der Waals surface area contributed by atoms with Crippen LogP contribution in [0.1, 0.15) is 6.92 Å². The van der Waals surface area contributed by atoms with Crippen LogP contribution in [0.2, 0.25) is 0 Å². The van der Waals surface area contributed by atoms with Crippen LogP contribution in [0.15, 0.2) is 0 Å². The van der Waals surface area contributed by atoms with Gasteiger partial charge in [-0.1, -0.05) is 0 Å². The van der Waals surface area contributed by atoms with E-state index in [1.165, 1.54) is 0 Å². The average Bonchev–Trinajstić information content (AvgIpc) is 1.00. The van der Waals surface area contributed by atoms with Crippen molar-refractivity contribution in [3.8, 4) is 0 Å². The topological polar surface area (TPSA) is 0 Å². The van der Waals surface area contributed by atoms with E-state index >= 15 is 0 Å². The van der Waals surface area contributed by atoms with Gasteiger partial charge in [-0.3, -0.25) is 0 Å². The van der Waals surface area contributed by atoms with Gasteiger partial charge in [0, 0.05) is 0 Å². The van der Waals surface area contributed by atoms with Gasteiger partial charge in [0.25, 0.3) is 0 Å². The molecule has 2 heteroatoms. The van der Waals surface area contributed by atoms with E-state index in [0.29, 0.717) is 0 Å². The van der Waals surface area contributed by atoms with Crippen molar-refractivity contribution in [2.45, 2.75) is 6.92 Å². The third kappa shape index (κ3) is 10.5. The van der Waals surface area contributed by atoms with Crippen LogP contribution in [0, 0.1) is 6.92 Å². The smallest absolute Gasteiger partial charge is 0.346 e. The summed E-state index contributed by atoms with van der Waals surface area (Å²) in [5.41, 5.74) is 0. The zero-order valence-corrected chi connectivity index (χ0v) is 9.06. The van der Waals surface area contributed by atoms with Gasteiger partial charge in [0.05, 0.1) is 0 Å². The number of hydrogen-bond donors (Lipinski definition) is 0. The maximum absolute atomic E-state index is 3.25. The second-order valence-corrected chi connectivity index (χ2v) is 0. The molecule has 0 amide bonds. The zero-order valence-electron chi connectivity index (χ0n) is 3.12. The van der Waals surface area contributed by atoms with Crippen molar-refractivity contribution < 1.29 is 39.0 Å². The standard InChI is InChI=1S/C2H5.2Zn/c1-2;;/h1H2,2H3;;/q-1;2*+2. The summed E-state index contributed by atoms with van der Waals surface area (Å²) in [6.45, 7) is 5.00. The molecule has 0 atom stereocenters.